The van der Waals surface area contributed by atoms with Crippen LogP contribution in [0.3, 0.4) is 0 Å². The van der Waals surface area contributed by atoms with Gasteiger partial charge in [0.2, 0.25) is 5.95 Å². The van der Waals surface area contributed by atoms with Gasteiger partial charge in [0.15, 0.2) is 0 Å². The van der Waals surface area contributed by atoms with Crippen molar-refractivity contribution in [3.63, 3.8) is 0 Å². The van der Waals surface area contributed by atoms with E-state index in [9.17, 15) is 4.79 Å². The maximum Gasteiger partial charge on any atom is 0.254 e. The molecule has 6 nitrogen and oxygen atoms in total. The van der Waals surface area contributed by atoms with Crippen LogP contribution in [0.1, 0.15) is 15.9 Å². The molecular weight excluding hydrogens is 362 g/mol. The van der Waals surface area contributed by atoms with Crippen LogP contribution in [0.5, 0.6) is 0 Å². The molecule has 0 atom stereocenters. The SMILES string of the molecule is CN(C)c1ccc(Nc2ncc(C(=O)NCc3ccccc3Cl)cn2)cc1. The van der Waals surface area contributed by atoms with Crippen molar-refractivity contribution in [3.8, 4) is 0 Å². The van der Waals surface area contributed by atoms with E-state index in [-0.39, 0.29) is 5.91 Å². The van der Waals surface area contributed by atoms with Crippen LogP contribution < -0.4 is 15.5 Å². The number of anilines is 3. The average molecular weight is 382 g/mol. The zero-order valence-corrected chi connectivity index (χ0v) is 15.9. The number of carbonyl (C=O) groups is 1. The maximum atomic E-state index is 12.2. The van der Waals surface area contributed by atoms with Crippen molar-refractivity contribution in [1.29, 1.82) is 0 Å². The highest BCUT2D eigenvalue weighted by atomic mass is 35.5. The van der Waals surface area contributed by atoms with Crippen LogP contribution in [0.4, 0.5) is 17.3 Å². The Bertz CT molecular complexity index is 910. The van der Waals surface area contributed by atoms with E-state index >= 15 is 0 Å². The van der Waals surface area contributed by atoms with E-state index in [0.717, 1.165) is 16.9 Å². The summed E-state index contributed by atoms with van der Waals surface area (Å²) in [4.78, 5) is 22.7. The lowest BCUT2D eigenvalue weighted by atomic mass is 10.2. The molecule has 0 aliphatic heterocycles. The van der Waals surface area contributed by atoms with E-state index in [1.54, 1.807) is 6.07 Å². The Balaban J connectivity index is 1.59. The molecule has 3 aromatic rings. The van der Waals surface area contributed by atoms with E-state index in [4.69, 9.17) is 11.6 Å². The van der Waals surface area contributed by atoms with Crippen LogP contribution in [0, 0.1) is 0 Å². The first-order chi connectivity index (χ1) is 13.0. The Hall–Kier alpha value is -3.12. The topological polar surface area (TPSA) is 70.2 Å². The summed E-state index contributed by atoms with van der Waals surface area (Å²) in [6.45, 7) is 0.344. The zero-order valence-electron chi connectivity index (χ0n) is 15.1. The Morgan fingerprint density at radius 1 is 1.04 bits per heavy atom. The standard InChI is InChI=1S/C20H20ClN5O/c1-26(2)17-9-7-16(8-10-17)25-20-23-12-15(13-24-20)19(27)22-11-14-5-3-4-6-18(14)21/h3-10,12-13H,11H2,1-2H3,(H,22,27)(H,23,24,25). The van der Waals surface area contributed by atoms with E-state index in [0.29, 0.717) is 23.1 Å². The number of nitrogens with zero attached hydrogens (tertiary/aromatic N) is 3. The van der Waals surface area contributed by atoms with Crippen LogP contribution in [-0.2, 0) is 6.54 Å². The fourth-order valence-corrected chi connectivity index (χ4v) is 2.60. The monoisotopic (exact) mass is 381 g/mol. The number of nitrogens with one attached hydrogen (secondary N) is 2. The van der Waals surface area contributed by atoms with Crippen molar-refractivity contribution in [3.05, 3.63) is 77.1 Å². The fourth-order valence-electron chi connectivity index (χ4n) is 2.40. The Kier molecular flexibility index (Phi) is 5.88. The summed E-state index contributed by atoms with van der Waals surface area (Å²) in [5, 5.41) is 6.54. The van der Waals surface area contributed by atoms with Gasteiger partial charge in [-0.2, -0.15) is 0 Å². The fraction of sp³-hybridized carbons (Fsp3) is 0.150. The van der Waals surface area contributed by atoms with Crippen LogP contribution in [0.25, 0.3) is 0 Å². The summed E-state index contributed by atoms with van der Waals surface area (Å²) in [5.74, 6) is 0.173. The van der Waals surface area contributed by atoms with Crippen LogP contribution in [0.2, 0.25) is 5.02 Å². The summed E-state index contributed by atoms with van der Waals surface area (Å²) in [5.41, 5.74) is 3.21. The maximum absolute atomic E-state index is 12.2. The normalized spacial score (nSPS) is 10.3. The van der Waals surface area contributed by atoms with Gasteiger partial charge in [-0.05, 0) is 35.9 Å². The zero-order chi connectivity index (χ0) is 19.2. The number of halogens is 1. The largest absolute Gasteiger partial charge is 0.378 e. The highest BCUT2D eigenvalue weighted by molar-refractivity contribution is 6.31. The molecule has 0 unspecified atom stereocenters. The summed E-state index contributed by atoms with van der Waals surface area (Å²) >= 11 is 6.09. The first-order valence-corrected chi connectivity index (χ1v) is 8.79. The van der Waals surface area contributed by atoms with Crippen molar-refractivity contribution in [2.75, 3.05) is 24.3 Å². The smallest absolute Gasteiger partial charge is 0.254 e. The minimum atomic E-state index is -0.253. The van der Waals surface area contributed by atoms with Crippen molar-refractivity contribution in [2.24, 2.45) is 0 Å². The van der Waals surface area contributed by atoms with Crippen molar-refractivity contribution in [2.45, 2.75) is 6.54 Å². The first kappa shape index (κ1) is 18.7. The van der Waals surface area contributed by atoms with Gasteiger partial charge >= 0.3 is 0 Å². The van der Waals surface area contributed by atoms with Gasteiger partial charge in [0.25, 0.3) is 5.91 Å². The predicted molar refractivity (Wildman–Crippen MR) is 109 cm³/mol. The van der Waals surface area contributed by atoms with Gasteiger partial charge in [-0.3, -0.25) is 4.79 Å². The second-order valence-corrected chi connectivity index (χ2v) is 6.54. The highest BCUT2D eigenvalue weighted by Crippen LogP contribution is 2.18. The second kappa shape index (κ2) is 8.51. The first-order valence-electron chi connectivity index (χ1n) is 8.41. The predicted octanol–water partition coefficient (Wildman–Crippen LogP) is 3.87. The highest BCUT2D eigenvalue weighted by Gasteiger charge is 2.08. The van der Waals surface area contributed by atoms with Gasteiger partial charge in [0.05, 0.1) is 5.56 Å². The molecular formula is C20H20ClN5O. The Morgan fingerprint density at radius 3 is 2.33 bits per heavy atom. The molecule has 0 spiro atoms. The third-order valence-electron chi connectivity index (χ3n) is 3.95. The molecule has 0 aliphatic rings. The van der Waals surface area contributed by atoms with E-state index in [2.05, 4.69) is 20.6 Å². The lowest BCUT2D eigenvalue weighted by molar-refractivity contribution is 0.0950. The minimum Gasteiger partial charge on any atom is -0.378 e. The number of hydrogen-bond donors (Lipinski definition) is 2. The summed E-state index contributed by atoms with van der Waals surface area (Å²) < 4.78 is 0. The molecule has 0 fully saturated rings. The molecule has 3 rings (SSSR count). The van der Waals surface area contributed by atoms with Gasteiger partial charge in [-0.15, -0.1) is 0 Å². The summed E-state index contributed by atoms with van der Waals surface area (Å²) in [7, 11) is 3.97. The lowest BCUT2D eigenvalue weighted by Crippen LogP contribution is -2.23. The molecule has 1 amide bonds. The average Bonchev–Trinajstić information content (AvgIpc) is 2.68. The molecule has 0 aliphatic carbocycles. The molecule has 2 aromatic carbocycles. The van der Waals surface area contributed by atoms with Crippen LogP contribution >= 0.6 is 11.6 Å². The number of carbonyl (C=O) groups excluding carboxylic acids is 1. The third kappa shape index (κ3) is 4.95. The molecule has 0 saturated carbocycles. The molecule has 1 aromatic heterocycles. The van der Waals surface area contributed by atoms with Gasteiger partial charge in [-0.1, -0.05) is 29.8 Å². The van der Waals surface area contributed by atoms with Gasteiger partial charge in [0.1, 0.15) is 0 Å². The van der Waals surface area contributed by atoms with Gasteiger partial charge < -0.3 is 15.5 Å². The molecule has 0 saturated heterocycles. The van der Waals surface area contributed by atoms with Crippen molar-refractivity contribution < 1.29 is 4.79 Å². The van der Waals surface area contributed by atoms with E-state index < -0.39 is 0 Å². The Morgan fingerprint density at radius 2 is 1.70 bits per heavy atom. The van der Waals surface area contributed by atoms with E-state index in [1.807, 2.05) is 61.5 Å². The number of aromatic nitrogens is 2. The Labute approximate surface area is 163 Å². The summed E-state index contributed by atoms with van der Waals surface area (Å²) in [6, 6.07) is 15.3. The molecule has 7 heteroatoms. The molecule has 2 N–H and O–H groups in total. The van der Waals surface area contributed by atoms with Crippen LogP contribution in [-0.4, -0.2) is 30.0 Å². The van der Waals surface area contributed by atoms with Gasteiger partial charge in [0, 0.05) is 49.4 Å². The minimum absolute atomic E-state index is 0.253. The molecule has 0 radical (unpaired) electrons. The number of rotatable bonds is 6. The number of benzene rings is 2. The van der Waals surface area contributed by atoms with E-state index in [1.165, 1.54) is 12.4 Å². The number of amides is 1. The second-order valence-electron chi connectivity index (χ2n) is 6.14. The summed E-state index contributed by atoms with van der Waals surface area (Å²) in [6.07, 6.45) is 2.98. The van der Waals surface area contributed by atoms with Crippen LogP contribution in [0.15, 0.2) is 60.9 Å². The molecule has 27 heavy (non-hydrogen) atoms. The van der Waals surface area contributed by atoms with Crippen molar-refractivity contribution >= 4 is 34.8 Å². The third-order valence-corrected chi connectivity index (χ3v) is 4.32. The lowest BCUT2D eigenvalue weighted by Gasteiger charge is -2.13. The quantitative estimate of drug-likeness (QED) is 0.678. The van der Waals surface area contributed by atoms with Crippen molar-refractivity contribution in [1.82, 2.24) is 15.3 Å². The molecule has 0 bridgehead atoms. The molecule has 138 valence electrons. The van der Waals surface area contributed by atoms with Gasteiger partial charge in [-0.25, -0.2) is 9.97 Å². The number of hydrogen-bond acceptors (Lipinski definition) is 5. The molecule has 1 heterocycles.